The number of thioether (sulfide) groups is 1. The molecule has 6 nitrogen and oxygen atoms in total. The summed E-state index contributed by atoms with van der Waals surface area (Å²) in [4.78, 5) is 6.04. The first kappa shape index (κ1) is 19.0. The molecule has 1 unspecified atom stereocenters. The van der Waals surface area contributed by atoms with Crippen LogP contribution in [0.25, 0.3) is 0 Å². The van der Waals surface area contributed by atoms with E-state index in [1.807, 2.05) is 0 Å². The number of hydrogen-bond donors (Lipinski definition) is 2. The number of amidine groups is 1. The smallest absolute Gasteiger partial charge is 0.239 e. The zero-order chi connectivity index (χ0) is 16.1. The summed E-state index contributed by atoms with van der Waals surface area (Å²) >= 11 is 7.34. The van der Waals surface area contributed by atoms with Gasteiger partial charge in [-0.3, -0.25) is 4.99 Å². The van der Waals surface area contributed by atoms with E-state index >= 15 is 0 Å². The number of benzene rings is 1. The predicted molar refractivity (Wildman–Crippen MR) is 97.7 cm³/mol. The summed E-state index contributed by atoms with van der Waals surface area (Å²) in [5.74, 6) is 0.362. The van der Waals surface area contributed by atoms with Crippen molar-refractivity contribution in [3.05, 3.63) is 28.8 Å². The molecule has 3 N–H and O–H groups in total. The molecule has 1 aromatic carbocycles. The lowest BCUT2D eigenvalue weighted by atomic mass is 10.0. The first-order chi connectivity index (χ1) is 10.2. The molecule has 0 bridgehead atoms. The molecule has 1 saturated heterocycles. The van der Waals surface area contributed by atoms with Gasteiger partial charge >= 0.3 is 0 Å². The maximum atomic E-state index is 11.6. The van der Waals surface area contributed by atoms with E-state index < -0.39 is 15.7 Å². The molecule has 1 saturated carbocycles. The van der Waals surface area contributed by atoms with Crippen molar-refractivity contribution in [3.8, 4) is 0 Å². The van der Waals surface area contributed by atoms with Gasteiger partial charge in [0.1, 0.15) is 4.90 Å². The van der Waals surface area contributed by atoms with Gasteiger partial charge in [-0.2, -0.15) is 0 Å². The number of aliphatic hydroxyl groups is 1. The molecule has 10 heteroatoms. The molecule has 2 fully saturated rings. The van der Waals surface area contributed by atoms with E-state index in [9.17, 15) is 13.5 Å². The zero-order valence-electron chi connectivity index (χ0n) is 12.3. The first-order valence-corrected chi connectivity index (χ1v) is 9.62. The van der Waals surface area contributed by atoms with Crippen LogP contribution in [0.1, 0.15) is 18.4 Å². The van der Waals surface area contributed by atoms with Crippen molar-refractivity contribution in [1.82, 2.24) is 4.90 Å². The SMILES string of the molecule is Br.CN1C(=NC2CC2)SCC1(O)c1ccc(Cl)c(S(N)(=O)=O)c1. The molecule has 3 rings (SSSR count). The Labute approximate surface area is 154 Å². The number of halogens is 2. The topological polar surface area (TPSA) is 96.0 Å². The second kappa shape index (κ2) is 6.53. The van der Waals surface area contributed by atoms with Gasteiger partial charge in [0.15, 0.2) is 10.9 Å². The quantitative estimate of drug-likeness (QED) is 0.745. The molecule has 1 heterocycles. The molecule has 0 aromatic heterocycles. The third kappa shape index (κ3) is 3.69. The van der Waals surface area contributed by atoms with Crippen LogP contribution < -0.4 is 5.14 Å². The van der Waals surface area contributed by atoms with Gasteiger partial charge in [-0.25, -0.2) is 13.6 Å². The van der Waals surface area contributed by atoms with E-state index in [4.69, 9.17) is 16.7 Å². The van der Waals surface area contributed by atoms with Crippen LogP contribution in [-0.4, -0.2) is 42.4 Å². The Morgan fingerprint density at radius 1 is 1.48 bits per heavy atom. The summed E-state index contributed by atoms with van der Waals surface area (Å²) in [6, 6.07) is 4.71. The summed E-state index contributed by atoms with van der Waals surface area (Å²) in [5.41, 5.74) is -0.903. The van der Waals surface area contributed by atoms with Gasteiger partial charge in [0.25, 0.3) is 0 Å². The highest BCUT2D eigenvalue weighted by Gasteiger charge is 2.43. The molecule has 0 spiro atoms. The van der Waals surface area contributed by atoms with Crippen LogP contribution >= 0.6 is 40.3 Å². The molecule has 1 aromatic rings. The van der Waals surface area contributed by atoms with Crippen LogP contribution in [0.3, 0.4) is 0 Å². The Balaban J connectivity index is 0.00000192. The Bertz CT molecular complexity index is 755. The summed E-state index contributed by atoms with van der Waals surface area (Å²) in [5, 5.41) is 16.9. The van der Waals surface area contributed by atoms with Gasteiger partial charge in [-0.05, 0) is 25.0 Å². The van der Waals surface area contributed by atoms with Crippen molar-refractivity contribution in [2.75, 3.05) is 12.8 Å². The fraction of sp³-hybridized carbons (Fsp3) is 0.462. The molecular formula is C13H17BrClN3O3S2. The van der Waals surface area contributed by atoms with Crippen molar-refractivity contribution in [3.63, 3.8) is 0 Å². The summed E-state index contributed by atoms with van der Waals surface area (Å²) in [6.07, 6.45) is 2.15. The Morgan fingerprint density at radius 3 is 2.70 bits per heavy atom. The molecule has 0 amide bonds. The number of hydrogen-bond acceptors (Lipinski definition) is 5. The van der Waals surface area contributed by atoms with Gasteiger partial charge in [-0.1, -0.05) is 29.4 Å². The van der Waals surface area contributed by atoms with Gasteiger partial charge in [-0.15, -0.1) is 17.0 Å². The van der Waals surface area contributed by atoms with Crippen molar-refractivity contribution in [1.29, 1.82) is 0 Å². The molecule has 1 aliphatic carbocycles. The van der Waals surface area contributed by atoms with Gasteiger partial charge in [0.05, 0.1) is 16.8 Å². The number of nitrogens with two attached hydrogens (primary N) is 1. The van der Waals surface area contributed by atoms with Crippen LogP contribution in [-0.2, 0) is 15.7 Å². The Morgan fingerprint density at radius 2 is 2.13 bits per heavy atom. The number of primary sulfonamides is 1. The van der Waals surface area contributed by atoms with E-state index in [-0.39, 0.29) is 26.9 Å². The fourth-order valence-electron chi connectivity index (χ4n) is 2.25. The van der Waals surface area contributed by atoms with Crippen molar-refractivity contribution in [2.24, 2.45) is 10.1 Å². The van der Waals surface area contributed by atoms with Crippen LogP contribution in [0, 0.1) is 0 Å². The third-order valence-corrected chi connectivity index (χ3v) is 6.36. The van der Waals surface area contributed by atoms with E-state index in [0.717, 1.165) is 18.0 Å². The largest absolute Gasteiger partial charge is 0.366 e. The minimum Gasteiger partial charge on any atom is -0.366 e. The van der Waals surface area contributed by atoms with E-state index in [1.54, 1.807) is 18.0 Å². The Hall–Kier alpha value is -0.320. The normalized spacial score (nSPS) is 26.4. The molecule has 1 atom stereocenters. The van der Waals surface area contributed by atoms with Crippen molar-refractivity contribution in [2.45, 2.75) is 29.5 Å². The monoisotopic (exact) mass is 441 g/mol. The lowest BCUT2D eigenvalue weighted by Gasteiger charge is -2.31. The highest BCUT2D eigenvalue weighted by Crippen LogP contribution is 2.40. The number of rotatable bonds is 3. The second-order valence-corrected chi connectivity index (χ2v) is 8.38. The average Bonchev–Trinajstić information content (AvgIpc) is 3.20. The maximum absolute atomic E-state index is 11.6. The summed E-state index contributed by atoms with van der Waals surface area (Å²) in [6.45, 7) is 0. The highest BCUT2D eigenvalue weighted by atomic mass is 79.9. The highest BCUT2D eigenvalue weighted by molar-refractivity contribution is 8.93. The average molecular weight is 443 g/mol. The minimum absolute atomic E-state index is 0. The van der Waals surface area contributed by atoms with Gasteiger partial charge < -0.3 is 10.0 Å². The molecule has 23 heavy (non-hydrogen) atoms. The van der Waals surface area contributed by atoms with E-state index in [2.05, 4.69) is 4.99 Å². The second-order valence-electron chi connectivity index (χ2n) is 5.50. The minimum atomic E-state index is -3.95. The standard InChI is InChI=1S/C13H16ClN3O3S2.BrH/c1-17-12(16-9-3-4-9)21-7-13(17,18)8-2-5-10(14)11(6-8)22(15,19)20;/h2,5-6,9,18H,3-4,7H2,1H3,(H2,15,19,20);1H. The summed E-state index contributed by atoms with van der Waals surface area (Å²) < 4.78 is 23.2. The molecule has 0 radical (unpaired) electrons. The fourth-order valence-corrected chi connectivity index (χ4v) is 4.58. The van der Waals surface area contributed by atoms with E-state index in [0.29, 0.717) is 17.4 Å². The van der Waals surface area contributed by atoms with Crippen LogP contribution in [0.15, 0.2) is 28.1 Å². The number of aliphatic imine (C=N–C) groups is 1. The van der Waals surface area contributed by atoms with Crippen molar-refractivity contribution < 1.29 is 13.5 Å². The number of nitrogens with zero attached hydrogens (tertiary/aromatic N) is 2. The predicted octanol–water partition coefficient (Wildman–Crippen LogP) is 1.91. The molecule has 2 aliphatic rings. The van der Waals surface area contributed by atoms with Crippen LogP contribution in [0.4, 0.5) is 0 Å². The van der Waals surface area contributed by atoms with Gasteiger partial charge in [0.2, 0.25) is 10.0 Å². The molecule has 1 aliphatic heterocycles. The maximum Gasteiger partial charge on any atom is 0.239 e. The van der Waals surface area contributed by atoms with E-state index in [1.165, 1.54) is 23.9 Å². The lowest BCUT2D eigenvalue weighted by Crippen LogP contribution is -2.42. The third-order valence-electron chi connectivity index (χ3n) is 3.78. The zero-order valence-corrected chi connectivity index (χ0v) is 16.4. The number of sulfonamides is 1. The Kier molecular flexibility index (Phi) is 5.40. The summed E-state index contributed by atoms with van der Waals surface area (Å²) in [7, 11) is -2.21. The first-order valence-electron chi connectivity index (χ1n) is 6.71. The van der Waals surface area contributed by atoms with Crippen LogP contribution in [0.5, 0.6) is 0 Å². The van der Waals surface area contributed by atoms with Crippen LogP contribution in [0.2, 0.25) is 5.02 Å². The van der Waals surface area contributed by atoms with Gasteiger partial charge in [0, 0.05) is 12.6 Å². The molecular weight excluding hydrogens is 426 g/mol. The van der Waals surface area contributed by atoms with Crippen molar-refractivity contribution >= 4 is 55.5 Å². The molecule has 128 valence electrons. The lowest BCUT2D eigenvalue weighted by molar-refractivity contribution is -0.0350.